The standard InChI is InChI=1S/C64H46N2Si/c1-5-24-52(25-6-1)66-62-36-16-15-34-61(62)64-60(35-19-37-63(64)66)51-23-18-27-55(46-51)65(54-26-17-22-49(45-54)50-39-38-47-20-13-14-21-48(47)44-50)53-40-42-59(43-41-53)67(56-28-7-2-8-29-56,57-30-9-3-10-31-57)58-32-11-4-12-33-58/h1-46H. The lowest BCUT2D eigenvalue weighted by Gasteiger charge is -2.35. The average Bonchev–Trinajstić information content (AvgIpc) is 3.75. The van der Waals surface area contributed by atoms with Gasteiger partial charge in [-0.2, -0.15) is 0 Å². The van der Waals surface area contributed by atoms with Gasteiger partial charge in [0, 0.05) is 33.5 Å². The van der Waals surface area contributed by atoms with Crippen LogP contribution in [-0.2, 0) is 0 Å². The van der Waals surface area contributed by atoms with Gasteiger partial charge in [0.05, 0.1) is 11.0 Å². The Morgan fingerprint density at radius 3 is 1.45 bits per heavy atom. The van der Waals surface area contributed by atoms with E-state index in [1.165, 1.54) is 70.0 Å². The first kappa shape index (κ1) is 40.0. The Kier molecular flexibility index (Phi) is 10.2. The van der Waals surface area contributed by atoms with Crippen molar-refractivity contribution in [1.82, 2.24) is 4.57 Å². The van der Waals surface area contributed by atoms with Crippen molar-refractivity contribution in [3.63, 3.8) is 0 Å². The summed E-state index contributed by atoms with van der Waals surface area (Å²) in [5.41, 5.74) is 11.5. The second-order valence-corrected chi connectivity index (χ2v) is 21.1. The molecule has 0 fully saturated rings. The predicted octanol–water partition coefficient (Wildman–Crippen LogP) is 14.1. The number of rotatable bonds is 10. The Morgan fingerprint density at radius 1 is 0.299 bits per heavy atom. The van der Waals surface area contributed by atoms with Crippen LogP contribution in [0.3, 0.4) is 0 Å². The third kappa shape index (κ3) is 7.05. The maximum atomic E-state index is 2.43. The molecule has 0 spiro atoms. The summed E-state index contributed by atoms with van der Waals surface area (Å²) in [6.45, 7) is 0. The fraction of sp³-hybridized carbons (Fsp3) is 0. The zero-order chi connectivity index (χ0) is 44.6. The zero-order valence-electron chi connectivity index (χ0n) is 37.0. The number of hydrogen-bond acceptors (Lipinski definition) is 1. The predicted molar refractivity (Wildman–Crippen MR) is 287 cm³/mol. The van der Waals surface area contributed by atoms with Gasteiger partial charge in [-0.3, -0.25) is 0 Å². The van der Waals surface area contributed by atoms with E-state index in [2.05, 4.69) is 289 Å². The van der Waals surface area contributed by atoms with Crippen molar-refractivity contribution in [2.75, 3.05) is 4.90 Å². The molecule has 0 saturated heterocycles. The van der Waals surface area contributed by atoms with Gasteiger partial charge in [-0.1, -0.05) is 212 Å². The molecule has 0 aliphatic heterocycles. The van der Waals surface area contributed by atoms with Crippen molar-refractivity contribution < 1.29 is 0 Å². The topological polar surface area (TPSA) is 8.17 Å². The normalized spacial score (nSPS) is 11.6. The maximum absolute atomic E-state index is 2.74. The van der Waals surface area contributed by atoms with E-state index in [1.54, 1.807) is 0 Å². The maximum Gasteiger partial charge on any atom is 0.179 e. The molecule has 0 bridgehead atoms. The van der Waals surface area contributed by atoms with Crippen molar-refractivity contribution in [2.45, 2.75) is 0 Å². The van der Waals surface area contributed by atoms with Gasteiger partial charge in [0.1, 0.15) is 0 Å². The molecule has 1 aromatic heterocycles. The lowest BCUT2D eigenvalue weighted by Crippen LogP contribution is -2.74. The Bertz CT molecular complexity index is 3580. The molecule has 3 heteroatoms. The van der Waals surface area contributed by atoms with Gasteiger partial charge in [0.15, 0.2) is 8.07 Å². The second kappa shape index (κ2) is 17.1. The molecule has 0 unspecified atom stereocenters. The molecule has 0 atom stereocenters. The summed E-state index contributed by atoms with van der Waals surface area (Å²) in [6, 6.07) is 103. The van der Waals surface area contributed by atoms with Crippen LogP contribution in [0.2, 0.25) is 0 Å². The van der Waals surface area contributed by atoms with Gasteiger partial charge < -0.3 is 9.47 Å². The molecule has 0 aliphatic carbocycles. The molecule has 0 saturated carbocycles. The number of aromatic nitrogens is 1. The highest BCUT2D eigenvalue weighted by molar-refractivity contribution is 7.19. The van der Waals surface area contributed by atoms with Crippen LogP contribution in [0.5, 0.6) is 0 Å². The number of anilines is 3. The molecule has 0 radical (unpaired) electrons. The summed E-state index contributed by atoms with van der Waals surface area (Å²) in [5, 5.41) is 10.4. The Balaban J connectivity index is 1.05. The number of nitrogens with zero attached hydrogens (tertiary/aromatic N) is 2. The third-order valence-electron chi connectivity index (χ3n) is 13.5. The smallest absolute Gasteiger partial charge is 0.179 e. The van der Waals surface area contributed by atoms with E-state index >= 15 is 0 Å². The SMILES string of the molecule is c1ccc(-n2c3ccccc3c3c(-c4cccc(N(c5ccc([Si](c6ccccc6)(c6ccccc6)c6ccccc6)cc5)c5cccc(-c6ccc7ccccc7c6)c5)c4)cccc32)cc1. The van der Waals surface area contributed by atoms with E-state index in [1.807, 2.05) is 0 Å². The van der Waals surface area contributed by atoms with Gasteiger partial charge in [-0.25, -0.2) is 0 Å². The van der Waals surface area contributed by atoms with E-state index in [4.69, 9.17) is 0 Å². The van der Waals surface area contributed by atoms with Crippen LogP contribution in [0.15, 0.2) is 279 Å². The Morgan fingerprint density at radius 2 is 0.791 bits per heavy atom. The third-order valence-corrected chi connectivity index (χ3v) is 18.3. The monoisotopic (exact) mass is 870 g/mol. The van der Waals surface area contributed by atoms with E-state index in [0.717, 1.165) is 28.3 Å². The number of fused-ring (bicyclic) bond motifs is 4. The second-order valence-electron chi connectivity index (χ2n) is 17.3. The van der Waals surface area contributed by atoms with E-state index in [9.17, 15) is 0 Å². The Hall–Kier alpha value is -8.50. The van der Waals surface area contributed by atoms with Crippen LogP contribution in [0.4, 0.5) is 17.1 Å². The van der Waals surface area contributed by atoms with Gasteiger partial charge >= 0.3 is 0 Å². The summed E-state index contributed by atoms with van der Waals surface area (Å²) in [5.74, 6) is 0. The molecule has 316 valence electrons. The first-order valence-corrected chi connectivity index (χ1v) is 25.1. The quantitative estimate of drug-likeness (QED) is 0.0982. The summed E-state index contributed by atoms with van der Waals surface area (Å²) < 4.78 is 2.40. The highest BCUT2D eigenvalue weighted by Crippen LogP contribution is 2.42. The van der Waals surface area contributed by atoms with Crippen molar-refractivity contribution in [3.8, 4) is 27.9 Å². The van der Waals surface area contributed by atoms with Crippen molar-refractivity contribution >= 4 is 78.5 Å². The molecule has 1 heterocycles. The molecule has 0 aliphatic rings. The zero-order valence-corrected chi connectivity index (χ0v) is 38.0. The van der Waals surface area contributed by atoms with E-state index in [0.29, 0.717) is 0 Å². The van der Waals surface area contributed by atoms with Crippen molar-refractivity contribution in [2.24, 2.45) is 0 Å². The van der Waals surface area contributed by atoms with Crippen LogP contribution >= 0.6 is 0 Å². The van der Waals surface area contributed by atoms with Gasteiger partial charge in [-0.15, -0.1) is 0 Å². The molecule has 12 rings (SSSR count). The lowest BCUT2D eigenvalue weighted by atomic mass is 9.98. The summed E-state index contributed by atoms with van der Waals surface area (Å²) >= 11 is 0. The van der Waals surface area contributed by atoms with Crippen LogP contribution in [0.1, 0.15) is 0 Å². The molecular weight excluding hydrogens is 825 g/mol. The number of hydrogen-bond donors (Lipinski definition) is 0. The van der Waals surface area contributed by atoms with Gasteiger partial charge in [-0.05, 0) is 121 Å². The number of para-hydroxylation sites is 2. The fourth-order valence-corrected chi connectivity index (χ4v) is 15.2. The van der Waals surface area contributed by atoms with Crippen molar-refractivity contribution in [1.29, 1.82) is 0 Å². The molecule has 11 aromatic carbocycles. The van der Waals surface area contributed by atoms with Crippen molar-refractivity contribution in [3.05, 3.63) is 279 Å². The van der Waals surface area contributed by atoms with E-state index < -0.39 is 8.07 Å². The molecule has 0 N–H and O–H groups in total. The molecule has 2 nitrogen and oxygen atoms in total. The van der Waals surface area contributed by atoms with Crippen LogP contribution < -0.4 is 25.6 Å². The summed E-state index contributed by atoms with van der Waals surface area (Å²) in [7, 11) is -2.74. The number of benzene rings is 11. The van der Waals surface area contributed by atoms with Crippen LogP contribution in [0, 0.1) is 0 Å². The first-order valence-electron chi connectivity index (χ1n) is 23.1. The average molecular weight is 871 g/mol. The fourth-order valence-electron chi connectivity index (χ4n) is 10.5. The summed E-state index contributed by atoms with van der Waals surface area (Å²) in [4.78, 5) is 2.43. The van der Waals surface area contributed by atoms with E-state index in [-0.39, 0.29) is 0 Å². The van der Waals surface area contributed by atoms with Gasteiger partial charge in [0.2, 0.25) is 0 Å². The largest absolute Gasteiger partial charge is 0.310 e. The Labute approximate surface area is 392 Å². The minimum absolute atomic E-state index is 1.09. The first-order chi connectivity index (χ1) is 33.2. The highest BCUT2D eigenvalue weighted by atomic mass is 28.3. The highest BCUT2D eigenvalue weighted by Gasteiger charge is 2.41. The molecular formula is C64H46N2Si. The van der Waals surface area contributed by atoms with Crippen LogP contribution in [-0.4, -0.2) is 12.6 Å². The summed E-state index contributed by atoms with van der Waals surface area (Å²) in [6.07, 6.45) is 0. The molecule has 0 amide bonds. The minimum Gasteiger partial charge on any atom is -0.310 e. The van der Waals surface area contributed by atoms with Crippen LogP contribution in [0.25, 0.3) is 60.5 Å². The molecule has 12 aromatic rings. The van der Waals surface area contributed by atoms with Gasteiger partial charge in [0.25, 0.3) is 0 Å². The molecule has 67 heavy (non-hydrogen) atoms. The minimum atomic E-state index is -2.74. The lowest BCUT2D eigenvalue weighted by molar-refractivity contribution is 1.18.